The quantitative estimate of drug-likeness (QED) is 0.518. The fraction of sp³-hybridized carbons (Fsp3) is 0.828. The molecule has 184 valence electrons. The maximum atomic E-state index is 11.2. The summed E-state index contributed by atoms with van der Waals surface area (Å²) in [6.07, 6.45) is 13.0. The zero-order valence-corrected chi connectivity index (χ0v) is 21.5. The molecule has 4 heteroatoms. The van der Waals surface area contributed by atoms with Gasteiger partial charge in [-0.25, -0.2) is 0 Å². The van der Waals surface area contributed by atoms with Gasteiger partial charge in [0.2, 0.25) is 5.91 Å². The molecule has 5 aliphatic rings. The summed E-state index contributed by atoms with van der Waals surface area (Å²) in [5.74, 6) is 4.66. The third-order valence-corrected chi connectivity index (χ3v) is 10.8. The standard InChI is InChI=1S/C29H45NO3/c1-17(16-30-19(3)31)6-9-25-18(2)27-26(33-25)15-24-22-8-7-20-14-21(32)10-12-28(20,4)23(22)11-13-29(24,27)5/h7,17,21-24,26-27,32H,6,8-16H2,1-5H3,(H,30,31)/t17-,21+,22+,23-,24+,26-,27+,28+,29+/m1/s1. The van der Waals surface area contributed by atoms with Gasteiger partial charge in [0, 0.05) is 25.8 Å². The van der Waals surface area contributed by atoms with Crippen LogP contribution in [0.1, 0.15) is 92.4 Å². The Hall–Kier alpha value is -1.29. The smallest absolute Gasteiger partial charge is 0.216 e. The van der Waals surface area contributed by atoms with Crippen molar-refractivity contribution in [3.8, 4) is 0 Å². The highest BCUT2D eigenvalue weighted by atomic mass is 16.5. The van der Waals surface area contributed by atoms with E-state index in [2.05, 4.69) is 39.1 Å². The van der Waals surface area contributed by atoms with Crippen LogP contribution in [-0.4, -0.2) is 29.8 Å². The van der Waals surface area contributed by atoms with Crippen molar-refractivity contribution in [2.24, 2.45) is 40.4 Å². The van der Waals surface area contributed by atoms with Gasteiger partial charge in [-0.3, -0.25) is 4.79 Å². The van der Waals surface area contributed by atoms with E-state index in [9.17, 15) is 9.90 Å². The number of fused-ring (bicyclic) bond motifs is 7. The van der Waals surface area contributed by atoms with E-state index in [0.717, 1.165) is 56.4 Å². The van der Waals surface area contributed by atoms with E-state index in [1.807, 2.05) is 0 Å². The van der Waals surface area contributed by atoms with Crippen molar-refractivity contribution in [3.63, 3.8) is 0 Å². The van der Waals surface area contributed by atoms with E-state index in [4.69, 9.17) is 4.74 Å². The molecule has 0 aromatic carbocycles. The first-order valence-corrected chi connectivity index (χ1v) is 13.6. The van der Waals surface area contributed by atoms with Gasteiger partial charge in [-0.1, -0.05) is 32.4 Å². The molecule has 3 saturated carbocycles. The fourth-order valence-electron chi connectivity index (χ4n) is 9.02. The lowest BCUT2D eigenvalue weighted by atomic mass is 9.47. The summed E-state index contributed by atoms with van der Waals surface area (Å²) in [5, 5.41) is 13.2. The Morgan fingerprint density at radius 2 is 2.06 bits per heavy atom. The molecule has 33 heavy (non-hydrogen) atoms. The number of allylic oxidation sites excluding steroid dienone is 2. The molecule has 1 aliphatic heterocycles. The first kappa shape index (κ1) is 23.5. The van der Waals surface area contributed by atoms with Crippen molar-refractivity contribution >= 4 is 5.91 Å². The Kier molecular flexibility index (Phi) is 5.99. The molecule has 9 atom stereocenters. The normalized spacial score (nSPS) is 44.7. The first-order valence-electron chi connectivity index (χ1n) is 13.6. The van der Waals surface area contributed by atoms with E-state index < -0.39 is 0 Å². The van der Waals surface area contributed by atoms with Crippen molar-refractivity contribution in [2.45, 2.75) is 105 Å². The Morgan fingerprint density at radius 3 is 2.82 bits per heavy atom. The van der Waals surface area contributed by atoms with Crippen molar-refractivity contribution in [1.82, 2.24) is 5.32 Å². The monoisotopic (exact) mass is 455 g/mol. The van der Waals surface area contributed by atoms with Crippen molar-refractivity contribution in [2.75, 3.05) is 6.54 Å². The second-order valence-electron chi connectivity index (χ2n) is 12.8. The van der Waals surface area contributed by atoms with Crippen LogP contribution >= 0.6 is 0 Å². The number of rotatable bonds is 5. The maximum Gasteiger partial charge on any atom is 0.216 e. The molecular formula is C29H45NO3. The lowest BCUT2D eigenvalue weighted by Gasteiger charge is -2.57. The minimum atomic E-state index is -0.124. The maximum absolute atomic E-state index is 11.2. The van der Waals surface area contributed by atoms with Crippen LogP contribution in [0.4, 0.5) is 0 Å². The van der Waals surface area contributed by atoms with Crippen LogP contribution < -0.4 is 5.32 Å². The van der Waals surface area contributed by atoms with Gasteiger partial charge in [0.25, 0.3) is 0 Å². The first-order chi connectivity index (χ1) is 15.6. The number of aliphatic hydroxyl groups excluding tert-OH is 1. The highest BCUT2D eigenvalue weighted by Gasteiger charge is 2.63. The minimum Gasteiger partial charge on any atom is -0.494 e. The molecule has 4 nitrogen and oxygen atoms in total. The van der Waals surface area contributed by atoms with Gasteiger partial charge in [-0.05, 0) is 98.4 Å². The van der Waals surface area contributed by atoms with Crippen LogP contribution in [0, 0.1) is 40.4 Å². The molecule has 0 radical (unpaired) electrons. The molecule has 4 aliphatic carbocycles. The van der Waals surface area contributed by atoms with Gasteiger partial charge in [0.1, 0.15) is 6.10 Å². The largest absolute Gasteiger partial charge is 0.494 e. The van der Waals surface area contributed by atoms with E-state index >= 15 is 0 Å². The second kappa shape index (κ2) is 8.43. The van der Waals surface area contributed by atoms with Crippen LogP contribution in [-0.2, 0) is 9.53 Å². The van der Waals surface area contributed by atoms with E-state index in [1.54, 1.807) is 12.5 Å². The topological polar surface area (TPSA) is 58.6 Å². The highest BCUT2D eigenvalue weighted by molar-refractivity contribution is 5.72. The predicted octanol–water partition coefficient (Wildman–Crippen LogP) is 5.76. The second-order valence-corrected chi connectivity index (χ2v) is 12.8. The third kappa shape index (κ3) is 3.79. The minimum absolute atomic E-state index is 0.0569. The molecule has 0 aromatic heterocycles. The van der Waals surface area contributed by atoms with Crippen molar-refractivity contribution < 1.29 is 14.6 Å². The zero-order valence-electron chi connectivity index (χ0n) is 21.5. The molecule has 1 heterocycles. The van der Waals surface area contributed by atoms with Crippen molar-refractivity contribution in [1.29, 1.82) is 0 Å². The zero-order chi connectivity index (χ0) is 23.5. The SMILES string of the molecule is CC(=O)NC[C@H](C)CCC1=C(C)[C@H]2[C@@H](C[C@H]3[C@H]4CC=C5C[C@@H](O)CC[C@]5(C)[C@@H]4CC[C@@]32C)O1. The predicted molar refractivity (Wildman–Crippen MR) is 131 cm³/mol. The molecule has 0 spiro atoms. The third-order valence-electron chi connectivity index (χ3n) is 10.8. The molecule has 3 fully saturated rings. The molecule has 5 rings (SSSR count). The molecule has 0 unspecified atom stereocenters. The van der Waals surface area contributed by atoms with Gasteiger partial charge in [0.05, 0.1) is 11.9 Å². The Labute approximate surface area is 200 Å². The number of amides is 1. The molecule has 2 N–H and O–H groups in total. The average Bonchev–Trinajstić information content (AvgIpc) is 3.24. The summed E-state index contributed by atoms with van der Waals surface area (Å²) in [5.41, 5.74) is 3.75. The Morgan fingerprint density at radius 1 is 1.27 bits per heavy atom. The summed E-state index contributed by atoms with van der Waals surface area (Å²) in [7, 11) is 0. The van der Waals surface area contributed by atoms with Gasteiger partial charge in [-0.2, -0.15) is 0 Å². The van der Waals surface area contributed by atoms with Crippen molar-refractivity contribution in [3.05, 3.63) is 23.0 Å². The molecule has 1 amide bonds. The van der Waals surface area contributed by atoms with Gasteiger partial charge >= 0.3 is 0 Å². The lowest BCUT2D eigenvalue weighted by Crippen LogP contribution is -2.50. The van der Waals surface area contributed by atoms with E-state index in [1.165, 1.54) is 37.0 Å². The number of nitrogens with one attached hydrogen (secondary N) is 1. The highest BCUT2D eigenvalue weighted by Crippen LogP contribution is 2.68. The average molecular weight is 456 g/mol. The number of carbonyl (C=O) groups is 1. The molecular weight excluding hydrogens is 410 g/mol. The number of hydrogen-bond donors (Lipinski definition) is 2. The fourth-order valence-corrected chi connectivity index (χ4v) is 9.02. The summed E-state index contributed by atoms with van der Waals surface area (Å²) in [6.45, 7) is 12.0. The number of carbonyl (C=O) groups excluding carboxylic acids is 1. The number of ether oxygens (including phenoxy) is 1. The Bertz CT molecular complexity index is 861. The lowest BCUT2D eigenvalue weighted by molar-refractivity contribution is -0.119. The Balaban J connectivity index is 1.30. The number of hydrogen-bond acceptors (Lipinski definition) is 3. The van der Waals surface area contributed by atoms with Crippen LogP contribution in [0.25, 0.3) is 0 Å². The van der Waals surface area contributed by atoms with Crippen LogP contribution in [0.3, 0.4) is 0 Å². The summed E-state index contributed by atoms with van der Waals surface area (Å²) in [4.78, 5) is 11.2. The molecule has 0 bridgehead atoms. The van der Waals surface area contributed by atoms with Crippen LogP contribution in [0.5, 0.6) is 0 Å². The van der Waals surface area contributed by atoms with Gasteiger partial charge in [-0.15, -0.1) is 0 Å². The van der Waals surface area contributed by atoms with E-state index in [0.29, 0.717) is 28.8 Å². The van der Waals surface area contributed by atoms with Crippen LogP contribution in [0.15, 0.2) is 23.0 Å². The molecule has 0 aromatic rings. The number of aliphatic hydroxyl groups is 1. The molecule has 0 saturated heterocycles. The summed E-state index contributed by atoms with van der Waals surface area (Å²) < 4.78 is 6.70. The van der Waals surface area contributed by atoms with Gasteiger partial charge < -0.3 is 15.2 Å². The summed E-state index contributed by atoms with van der Waals surface area (Å²) >= 11 is 0. The summed E-state index contributed by atoms with van der Waals surface area (Å²) in [6, 6.07) is 0. The van der Waals surface area contributed by atoms with E-state index in [-0.39, 0.29) is 12.0 Å². The van der Waals surface area contributed by atoms with Crippen LogP contribution in [0.2, 0.25) is 0 Å². The van der Waals surface area contributed by atoms with Gasteiger partial charge in [0.15, 0.2) is 0 Å².